The molecule has 0 saturated carbocycles. The summed E-state index contributed by atoms with van der Waals surface area (Å²) in [7, 11) is -2.20. The Hall–Kier alpha value is -2.77. The smallest absolute Gasteiger partial charge is 0.243 e. The van der Waals surface area contributed by atoms with Crippen molar-refractivity contribution in [2.75, 3.05) is 7.05 Å². The molecule has 146 valence electrons. The van der Waals surface area contributed by atoms with E-state index in [4.69, 9.17) is 0 Å². The van der Waals surface area contributed by atoms with Gasteiger partial charge in [-0.2, -0.15) is 9.40 Å². The fourth-order valence-electron chi connectivity index (χ4n) is 3.09. The summed E-state index contributed by atoms with van der Waals surface area (Å²) in [6, 6.07) is 15.8. The van der Waals surface area contributed by atoms with Crippen LogP contribution in [0.15, 0.2) is 59.5 Å². The first-order chi connectivity index (χ1) is 13.2. The number of ketones is 1. The van der Waals surface area contributed by atoms with E-state index in [2.05, 4.69) is 5.10 Å². The first-order valence-corrected chi connectivity index (χ1v) is 10.3. The third kappa shape index (κ3) is 3.76. The molecule has 0 aliphatic rings. The van der Waals surface area contributed by atoms with Gasteiger partial charge in [-0.15, -0.1) is 0 Å². The highest BCUT2D eigenvalue weighted by Gasteiger charge is 2.24. The van der Waals surface area contributed by atoms with E-state index < -0.39 is 10.0 Å². The SMILES string of the molecule is CC(=O)c1cccc(S(=O)(=O)N(C)Cc2c(C)nn(-c3ccccc3)c2C)c1. The second-order valence-corrected chi connectivity index (χ2v) is 8.79. The minimum Gasteiger partial charge on any atom is -0.295 e. The summed E-state index contributed by atoms with van der Waals surface area (Å²) in [6.07, 6.45) is 0. The maximum absolute atomic E-state index is 13.0. The predicted molar refractivity (Wildman–Crippen MR) is 108 cm³/mol. The number of nitrogens with zero attached hydrogens (tertiary/aromatic N) is 3. The molecule has 28 heavy (non-hydrogen) atoms. The Labute approximate surface area is 165 Å². The lowest BCUT2D eigenvalue weighted by Gasteiger charge is -2.18. The van der Waals surface area contributed by atoms with E-state index in [1.165, 1.54) is 30.4 Å². The van der Waals surface area contributed by atoms with Gasteiger partial charge in [-0.1, -0.05) is 30.3 Å². The van der Waals surface area contributed by atoms with Gasteiger partial charge in [0.15, 0.2) is 5.78 Å². The molecular weight excluding hydrogens is 374 g/mol. The van der Waals surface area contributed by atoms with Crippen LogP contribution in [0, 0.1) is 13.8 Å². The zero-order valence-electron chi connectivity index (χ0n) is 16.4. The Morgan fingerprint density at radius 1 is 1.07 bits per heavy atom. The molecule has 3 aromatic rings. The zero-order valence-corrected chi connectivity index (χ0v) is 17.2. The fourth-order valence-corrected chi connectivity index (χ4v) is 4.27. The van der Waals surface area contributed by atoms with Crippen LogP contribution in [0.4, 0.5) is 0 Å². The van der Waals surface area contributed by atoms with Crippen LogP contribution in [0.25, 0.3) is 5.69 Å². The summed E-state index contributed by atoms with van der Waals surface area (Å²) in [5.74, 6) is -0.171. The van der Waals surface area contributed by atoms with E-state index in [0.717, 1.165) is 22.6 Å². The highest BCUT2D eigenvalue weighted by atomic mass is 32.2. The number of Topliss-reactive ketones (excluding diaryl/α,β-unsaturated/α-hetero) is 1. The quantitative estimate of drug-likeness (QED) is 0.597. The van der Waals surface area contributed by atoms with Gasteiger partial charge in [0.25, 0.3) is 0 Å². The first-order valence-electron chi connectivity index (χ1n) is 8.89. The van der Waals surface area contributed by atoms with Crippen LogP contribution < -0.4 is 0 Å². The minimum absolute atomic E-state index is 0.105. The van der Waals surface area contributed by atoms with Gasteiger partial charge in [0, 0.05) is 30.4 Å². The third-order valence-electron chi connectivity index (χ3n) is 4.77. The Bertz CT molecular complexity index is 1120. The molecule has 0 N–H and O–H groups in total. The molecule has 0 bridgehead atoms. The maximum Gasteiger partial charge on any atom is 0.243 e. The average Bonchev–Trinajstić information content (AvgIpc) is 2.97. The molecule has 0 unspecified atom stereocenters. The van der Waals surface area contributed by atoms with Crippen molar-refractivity contribution in [3.05, 3.63) is 77.1 Å². The standard InChI is InChI=1S/C21H23N3O3S/c1-15-21(16(2)24(22-15)19-10-6-5-7-11-19)14-23(4)28(26,27)20-12-8-9-18(13-20)17(3)25/h5-13H,14H2,1-4H3. The summed E-state index contributed by atoms with van der Waals surface area (Å²) in [5, 5.41) is 4.58. The predicted octanol–water partition coefficient (Wildman–Crippen LogP) is 3.51. The van der Waals surface area contributed by atoms with Crippen molar-refractivity contribution in [2.24, 2.45) is 0 Å². The van der Waals surface area contributed by atoms with Crippen LogP contribution in [-0.4, -0.2) is 35.3 Å². The lowest BCUT2D eigenvalue weighted by molar-refractivity contribution is 0.101. The molecular formula is C21H23N3O3S. The number of sulfonamides is 1. The summed E-state index contributed by atoms with van der Waals surface area (Å²) in [6.45, 7) is 5.41. The molecule has 0 fully saturated rings. The monoisotopic (exact) mass is 397 g/mol. The van der Waals surface area contributed by atoms with Gasteiger partial charge in [0.2, 0.25) is 10.0 Å². The van der Waals surface area contributed by atoms with Crippen molar-refractivity contribution in [3.63, 3.8) is 0 Å². The molecule has 0 amide bonds. The second kappa shape index (κ2) is 7.69. The number of carbonyl (C=O) groups excluding carboxylic acids is 1. The van der Waals surface area contributed by atoms with Crippen LogP contribution in [0.1, 0.15) is 34.2 Å². The number of benzene rings is 2. The van der Waals surface area contributed by atoms with Crippen LogP contribution in [0.2, 0.25) is 0 Å². The summed E-state index contributed by atoms with van der Waals surface area (Å²) >= 11 is 0. The average molecular weight is 398 g/mol. The normalized spacial score (nSPS) is 11.8. The Morgan fingerprint density at radius 3 is 2.39 bits per heavy atom. The molecule has 1 aromatic heterocycles. The van der Waals surface area contributed by atoms with Crippen LogP contribution in [0.5, 0.6) is 0 Å². The molecule has 0 saturated heterocycles. The number of aromatic nitrogens is 2. The summed E-state index contributed by atoms with van der Waals surface area (Å²) in [5.41, 5.74) is 3.83. The van der Waals surface area contributed by atoms with E-state index in [1.807, 2.05) is 48.9 Å². The Balaban J connectivity index is 1.93. The van der Waals surface area contributed by atoms with E-state index in [0.29, 0.717) is 5.56 Å². The van der Waals surface area contributed by atoms with Gasteiger partial charge < -0.3 is 0 Å². The number of para-hydroxylation sites is 1. The van der Waals surface area contributed by atoms with E-state index in [9.17, 15) is 13.2 Å². The van der Waals surface area contributed by atoms with E-state index >= 15 is 0 Å². The van der Waals surface area contributed by atoms with Gasteiger partial charge in [0.1, 0.15) is 0 Å². The third-order valence-corrected chi connectivity index (χ3v) is 6.57. The van der Waals surface area contributed by atoms with Gasteiger partial charge >= 0.3 is 0 Å². The molecule has 0 aliphatic carbocycles. The van der Waals surface area contributed by atoms with E-state index in [-0.39, 0.29) is 17.2 Å². The molecule has 1 heterocycles. The number of hydrogen-bond acceptors (Lipinski definition) is 4. The lowest BCUT2D eigenvalue weighted by atomic mass is 10.2. The molecule has 0 aliphatic heterocycles. The first kappa shape index (κ1) is 20.0. The molecule has 7 heteroatoms. The van der Waals surface area contributed by atoms with Crippen molar-refractivity contribution in [1.82, 2.24) is 14.1 Å². The second-order valence-electron chi connectivity index (χ2n) is 6.74. The lowest BCUT2D eigenvalue weighted by Crippen LogP contribution is -2.27. The van der Waals surface area contributed by atoms with Crippen molar-refractivity contribution in [1.29, 1.82) is 0 Å². The fraction of sp³-hybridized carbons (Fsp3) is 0.238. The van der Waals surface area contributed by atoms with Gasteiger partial charge in [-0.25, -0.2) is 13.1 Å². The molecule has 0 spiro atoms. The van der Waals surface area contributed by atoms with Crippen LogP contribution >= 0.6 is 0 Å². The highest BCUT2D eigenvalue weighted by molar-refractivity contribution is 7.89. The minimum atomic E-state index is -3.74. The molecule has 6 nitrogen and oxygen atoms in total. The van der Waals surface area contributed by atoms with Crippen LogP contribution in [-0.2, 0) is 16.6 Å². The highest BCUT2D eigenvalue weighted by Crippen LogP contribution is 2.23. The van der Waals surface area contributed by atoms with Gasteiger partial charge in [-0.3, -0.25) is 4.79 Å². The Morgan fingerprint density at radius 2 is 1.75 bits per heavy atom. The van der Waals surface area contributed by atoms with Gasteiger partial charge in [0.05, 0.1) is 16.3 Å². The van der Waals surface area contributed by atoms with E-state index in [1.54, 1.807) is 12.1 Å². The van der Waals surface area contributed by atoms with Crippen molar-refractivity contribution < 1.29 is 13.2 Å². The summed E-state index contributed by atoms with van der Waals surface area (Å²) in [4.78, 5) is 11.7. The van der Waals surface area contributed by atoms with Crippen molar-refractivity contribution in [3.8, 4) is 5.69 Å². The molecule has 0 radical (unpaired) electrons. The zero-order chi connectivity index (χ0) is 20.5. The van der Waals surface area contributed by atoms with Crippen LogP contribution in [0.3, 0.4) is 0 Å². The molecule has 2 aromatic carbocycles. The number of rotatable bonds is 6. The number of carbonyl (C=O) groups is 1. The molecule has 3 rings (SSSR count). The van der Waals surface area contributed by atoms with Gasteiger partial charge in [-0.05, 0) is 45.0 Å². The number of aryl methyl sites for hydroxylation is 1. The maximum atomic E-state index is 13.0. The van der Waals surface area contributed by atoms with Crippen molar-refractivity contribution >= 4 is 15.8 Å². The summed E-state index contributed by atoms with van der Waals surface area (Å²) < 4.78 is 29.1. The topological polar surface area (TPSA) is 72.3 Å². The largest absolute Gasteiger partial charge is 0.295 e. The Kier molecular flexibility index (Phi) is 5.49. The molecule has 0 atom stereocenters. The van der Waals surface area contributed by atoms with Crippen molar-refractivity contribution in [2.45, 2.75) is 32.2 Å². The number of hydrogen-bond donors (Lipinski definition) is 0.